The monoisotopic (exact) mass is 425 g/mol. The molecule has 0 fully saturated rings. The lowest BCUT2D eigenvalue weighted by atomic mass is 10.0. The van der Waals surface area contributed by atoms with Gasteiger partial charge in [0.05, 0.1) is 18.4 Å². The van der Waals surface area contributed by atoms with Crippen LogP contribution in [-0.2, 0) is 0 Å². The molecule has 1 aliphatic rings. The molecule has 1 aliphatic heterocycles. The highest BCUT2D eigenvalue weighted by Crippen LogP contribution is 2.34. The fourth-order valence-corrected chi connectivity index (χ4v) is 4.43. The van der Waals surface area contributed by atoms with E-state index in [0.29, 0.717) is 16.6 Å². The molecule has 0 saturated heterocycles. The van der Waals surface area contributed by atoms with Gasteiger partial charge in [0, 0.05) is 16.4 Å². The minimum Gasteiger partial charge on any atom is -0.504 e. The first-order chi connectivity index (χ1) is 14.6. The molecular weight excluding hydrogens is 400 g/mol. The number of para-hydroxylation sites is 1. The predicted molar refractivity (Wildman–Crippen MR) is 117 cm³/mol. The second-order valence-corrected chi connectivity index (χ2v) is 8.22. The van der Waals surface area contributed by atoms with E-state index < -0.39 is 6.17 Å². The van der Waals surface area contributed by atoms with E-state index in [1.165, 1.54) is 7.11 Å². The maximum absolute atomic E-state index is 13.1. The van der Waals surface area contributed by atoms with Crippen LogP contribution in [0.4, 0.5) is 5.69 Å². The maximum Gasteiger partial charge on any atom is 0.325 e. The van der Waals surface area contributed by atoms with Gasteiger partial charge in [0.1, 0.15) is 0 Å². The number of rotatable bonds is 7. The minimum atomic E-state index is -0.441. The first-order valence-electron chi connectivity index (χ1n) is 10.0. The highest BCUT2D eigenvalue weighted by molar-refractivity contribution is 7.99. The Labute approximate surface area is 179 Å². The molecule has 0 saturated carbocycles. The molecule has 30 heavy (non-hydrogen) atoms. The van der Waals surface area contributed by atoms with Crippen molar-refractivity contribution in [3.63, 3.8) is 0 Å². The van der Waals surface area contributed by atoms with E-state index in [-0.39, 0.29) is 11.3 Å². The van der Waals surface area contributed by atoms with Crippen molar-refractivity contribution in [2.45, 2.75) is 37.5 Å². The molecule has 0 amide bonds. The van der Waals surface area contributed by atoms with Crippen LogP contribution in [0, 0.1) is 0 Å². The number of aromatic nitrogens is 3. The highest BCUT2D eigenvalue weighted by atomic mass is 32.2. The number of hydrogen-bond acceptors (Lipinski definition) is 6. The van der Waals surface area contributed by atoms with Crippen molar-refractivity contribution in [1.29, 1.82) is 0 Å². The standard InChI is InChI=1S/C22H24N4O3S/c1-3-4-7-12-30-22-24-21(28)19-15-8-5-6-9-16(15)23-20(26(19)25-22)14-10-11-18(29-2)17(27)13-14/h5-6,8-11,13,20H,3-4,7,12H2,1-2H3,(H2,24,25,27,28)/p+1/t20-/m1/s1. The largest absolute Gasteiger partial charge is 0.504 e. The Morgan fingerprint density at radius 1 is 1.23 bits per heavy atom. The molecule has 0 radical (unpaired) electrons. The van der Waals surface area contributed by atoms with Crippen molar-refractivity contribution in [1.82, 2.24) is 10.1 Å². The van der Waals surface area contributed by atoms with E-state index >= 15 is 0 Å². The molecule has 0 spiro atoms. The number of aromatic amines is 1. The van der Waals surface area contributed by atoms with Gasteiger partial charge in [-0.1, -0.05) is 43.7 Å². The summed E-state index contributed by atoms with van der Waals surface area (Å²) in [6.07, 6.45) is 2.93. The lowest BCUT2D eigenvalue weighted by Crippen LogP contribution is -2.55. The zero-order chi connectivity index (χ0) is 21.1. The van der Waals surface area contributed by atoms with Gasteiger partial charge in [-0.25, -0.2) is 0 Å². The molecule has 3 aromatic rings. The van der Waals surface area contributed by atoms with E-state index in [1.54, 1.807) is 28.6 Å². The summed E-state index contributed by atoms with van der Waals surface area (Å²) in [7, 11) is 1.51. The Kier molecular flexibility index (Phi) is 5.94. The van der Waals surface area contributed by atoms with Gasteiger partial charge in [-0.05, 0) is 41.4 Å². The molecule has 8 heteroatoms. The van der Waals surface area contributed by atoms with Gasteiger partial charge in [-0.2, -0.15) is 0 Å². The minimum absolute atomic E-state index is 0.0387. The summed E-state index contributed by atoms with van der Waals surface area (Å²) in [5, 5.41) is 19.1. The summed E-state index contributed by atoms with van der Waals surface area (Å²) in [5.41, 5.74) is 2.72. The number of ether oxygens (including phenoxy) is 1. The molecule has 1 aromatic heterocycles. The summed E-state index contributed by atoms with van der Waals surface area (Å²) in [5.74, 6) is 1.33. The predicted octanol–water partition coefficient (Wildman–Crippen LogP) is 3.69. The van der Waals surface area contributed by atoms with E-state index in [2.05, 4.69) is 17.2 Å². The van der Waals surface area contributed by atoms with E-state index in [4.69, 9.17) is 9.84 Å². The lowest BCUT2D eigenvalue weighted by Gasteiger charge is -2.22. The van der Waals surface area contributed by atoms with Crippen LogP contribution in [0.5, 0.6) is 11.5 Å². The number of unbranched alkanes of at least 4 members (excludes halogenated alkanes) is 2. The molecule has 0 bridgehead atoms. The normalized spacial score (nSPS) is 14.5. The van der Waals surface area contributed by atoms with Gasteiger partial charge in [-0.3, -0.25) is 9.78 Å². The fourth-order valence-electron chi connectivity index (χ4n) is 3.58. The average molecular weight is 426 g/mol. The molecule has 156 valence electrons. The van der Waals surface area contributed by atoms with Crippen LogP contribution in [-0.4, -0.2) is 28.1 Å². The second kappa shape index (κ2) is 8.79. The van der Waals surface area contributed by atoms with Crippen molar-refractivity contribution < 1.29 is 14.5 Å². The van der Waals surface area contributed by atoms with Crippen molar-refractivity contribution in [2.75, 3.05) is 18.2 Å². The number of fused-ring (bicyclic) bond motifs is 3. The summed E-state index contributed by atoms with van der Waals surface area (Å²) in [6.45, 7) is 2.16. The van der Waals surface area contributed by atoms with Gasteiger partial charge in [0.2, 0.25) is 5.16 Å². The van der Waals surface area contributed by atoms with Crippen LogP contribution in [0.2, 0.25) is 0 Å². The summed E-state index contributed by atoms with van der Waals surface area (Å²) < 4.78 is 6.88. The Hall–Kier alpha value is -3.00. The van der Waals surface area contributed by atoms with Crippen LogP contribution in [0.1, 0.15) is 37.9 Å². The fraction of sp³-hybridized carbons (Fsp3) is 0.318. The molecule has 7 nitrogen and oxygen atoms in total. The molecule has 0 unspecified atom stereocenters. The van der Waals surface area contributed by atoms with Gasteiger partial charge < -0.3 is 15.2 Å². The van der Waals surface area contributed by atoms with Crippen LogP contribution in [0.3, 0.4) is 0 Å². The van der Waals surface area contributed by atoms with E-state index in [1.807, 2.05) is 30.3 Å². The van der Waals surface area contributed by atoms with Crippen molar-refractivity contribution >= 4 is 17.4 Å². The SMILES string of the molecule is CCCCCSc1n[n+]2c(c(=O)[nH]1)-c1ccccc1N[C@H]2c1ccc(OC)c(O)c1. The molecule has 2 aromatic carbocycles. The number of methoxy groups -OCH3 is 1. The van der Waals surface area contributed by atoms with Crippen LogP contribution >= 0.6 is 11.8 Å². The Morgan fingerprint density at radius 3 is 2.83 bits per heavy atom. The smallest absolute Gasteiger partial charge is 0.325 e. The van der Waals surface area contributed by atoms with Crippen molar-refractivity contribution in [2.24, 2.45) is 0 Å². The highest BCUT2D eigenvalue weighted by Gasteiger charge is 2.37. The van der Waals surface area contributed by atoms with Crippen molar-refractivity contribution in [3.8, 4) is 22.8 Å². The molecule has 0 aliphatic carbocycles. The number of phenols is 1. The molecular formula is C22H25N4O3S+. The molecule has 2 heterocycles. The van der Waals surface area contributed by atoms with E-state index in [0.717, 1.165) is 41.8 Å². The van der Waals surface area contributed by atoms with E-state index in [9.17, 15) is 9.90 Å². The maximum atomic E-state index is 13.1. The number of nitrogens with one attached hydrogen (secondary N) is 2. The van der Waals surface area contributed by atoms with Crippen LogP contribution < -0.4 is 20.3 Å². The van der Waals surface area contributed by atoms with Gasteiger partial charge in [-0.15, -0.1) is 0 Å². The first-order valence-corrected chi connectivity index (χ1v) is 11.0. The summed E-state index contributed by atoms with van der Waals surface area (Å²) in [4.78, 5) is 16.0. The Balaban J connectivity index is 1.80. The number of hydrogen-bond donors (Lipinski definition) is 3. The van der Waals surface area contributed by atoms with Crippen molar-refractivity contribution in [3.05, 3.63) is 58.4 Å². The summed E-state index contributed by atoms with van der Waals surface area (Å²) >= 11 is 1.55. The molecule has 3 N–H and O–H groups in total. The number of phenolic OH excluding ortho intramolecular Hbond substituents is 1. The number of H-pyrrole nitrogens is 1. The third-order valence-electron chi connectivity index (χ3n) is 5.09. The Morgan fingerprint density at radius 2 is 2.07 bits per heavy atom. The third kappa shape index (κ3) is 3.87. The third-order valence-corrected chi connectivity index (χ3v) is 6.04. The number of thioether (sulfide) groups is 1. The quantitative estimate of drug-likeness (QED) is 0.304. The van der Waals surface area contributed by atoms with Gasteiger partial charge in [0.25, 0.3) is 6.17 Å². The zero-order valence-corrected chi connectivity index (χ0v) is 17.8. The van der Waals surface area contributed by atoms with Gasteiger partial charge in [0.15, 0.2) is 11.5 Å². The summed E-state index contributed by atoms with van der Waals surface area (Å²) in [6, 6.07) is 12.9. The topological polar surface area (TPSA) is 91.1 Å². The Bertz CT molecular complexity index is 1120. The van der Waals surface area contributed by atoms with Crippen LogP contribution in [0.25, 0.3) is 11.3 Å². The zero-order valence-electron chi connectivity index (χ0n) is 17.0. The average Bonchev–Trinajstić information content (AvgIpc) is 2.76. The number of aromatic hydroxyl groups is 1. The van der Waals surface area contributed by atoms with Crippen LogP contribution in [0.15, 0.2) is 52.4 Å². The van der Waals surface area contributed by atoms with Gasteiger partial charge >= 0.3 is 11.3 Å². The second-order valence-electron chi connectivity index (χ2n) is 7.13. The number of anilines is 1. The first kappa shape index (κ1) is 20.3. The number of benzene rings is 2. The molecule has 1 atom stereocenters. The lowest BCUT2D eigenvalue weighted by molar-refractivity contribution is -0.759. The number of nitrogens with zero attached hydrogens (tertiary/aromatic N) is 2. The molecule has 4 rings (SSSR count).